The Balaban J connectivity index is 1.98. The fourth-order valence-corrected chi connectivity index (χ4v) is 3.33. The Morgan fingerprint density at radius 2 is 1.83 bits per heavy atom. The molecule has 24 heavy (non-hydrogen) atoms. The molecular weight excluding hydrogens is 300 g/mol. The minimum Gasteiger partial charge on any atom is -0.368 e. The molecule has 1 aliphatic heterocycles. The van der Waals surface area contributed by atoms with Crippen LogP contribution in [-0.2, 0) is 0 Å². The van der Waals surface area contributed by atoms with Crippen LogP contribution in [0.1, 0.15) is 44.1 Å². The van der Waals surface area contributed by atoms with Crippen molar-refractivity contribution in [3.8, 4) is 0 Å². The zero-order valence-corrected chi connectivity index (χ0v) is 15.1. The van der Waals surface area contributed by atoms with E-state index >= 15 is 0 Å². The van der Waals surface area contributed by atoms with E-state index in [0.29, 0.717) is 23.6 Å². The lowest BCUT2D eigenvalue weighted by atomic mass is 9.90. The average Bonchev–Trinajstić information content (AvgIpc) is 2.93. The minimum absolute atomic E-state index is 0.0406. The molecule has 3 rings (SSSR count). The quantitative estimate of drug-likeness (QED) is 0.931. The highest BCUT2D eigenvalue weighted by Gasteiger charge is 2.34. The van der Waals surface area contributed by atoms with Crippen LogP contribution in [0, 0.1) is 5.92 Å². The van der Waals surface area contributed by atoms with Crippen LogP contribution >= 0.6 is 0 Å². The number of nitrogens with zero attached hydrogens (tertiary/aromatic N) is 5. The Hall–Kier alpha value is -2.37. The van der Waals surface area contributed by atoms with Crippen LogP contribution in [0.15, 0.2) is 24.3 Å². The lowest BCUT2D eigenvalue weighted by Crippen LogP contribution is -2.29. The number of rotatable bonds is 4. The predicted octanol–water partition coefficient (Wildman–Crippen LogP) is 2.84. The van der Waals surface area contributed by atoms with E-state index in [2.05, 4.69) is 64.9 Å². The van der Waals surface area contributed by atoms with Gasteiger partial charge in [0.25, 0.3) is 0 Å². The van der Waals surface area contributed by atoms with E-state index in [1.807, 2.05) is 19.0 Å². The van der Waals surface area contributed by atoms with Crippen molar-refractivity contribution in [3.05, 3.63) is 35.7 Å². The van der Waals surface area contributed by atoms with Crippen molar-refractivity contribution >= 4 is 17.6 Å². The van der Waals surface area contributed by atoms with E-state index in [1.54, 1.807) is 0 Å². The predicted molar refractivity (Wildman–Crippen MR) is 98.3 cm³/mol. The fraction of sp³-hybridized carbons (Fsp3) is 0.500. The third-order valence-corrected chi connectivity index (χ3v) is 4.74. The summed E-state index contributed by atoms with van der Waals surface area (Å²) in [5.74, 6) is 2.69. The highest BCUT2D eigenvalue weighted by atomic mass is 15.3. The second-order valence-corrected chi connectivity index (χ2v) is 6.98. The number of nitrogens with two attached hydrogens (primary N) is 1. The van der Waals surface area contributed by atoms with Gasteiger partial charge in [0.05, 0.1) is 6.04 Å². The van der Waals surface area contributed by atoms with Crippen LogP contribution in [0.25, 0.3) is 0 Å². The van der Waals surface area contributed by atoms with Gasteiger partial charge in [0.1, 0.15) is 0 Å². The van der Waals surface area contributed by atoms with Crippen LogP contribution in [0.5, 0.6) is 0 Å². The Labute approximate surface area is 143 Å². The van der Waals surface area contributed by atoms with Crippen molar-refractivity contribution in [2.75, 3.05) is 36.2 Å². The summed E-state index contributed by atoms with van der Waals surface area (Å²) in [5, 5.41) is 0. The van der Waals surface area contributed by atoms with E-state index in [4.69, 9.17) is 5.73 Å². The molecule has 6 nitrogen and oxygen atoms in total. The standard InChI is InChI=1S/C18H26N6/c1-11(2)14-10-24(15-9-7-6-8-13(14)15)12(3)16-20-17(19)22-18(21-16)23(4)5/h6-9,11-12,14H,10H2,1-5H3,(H2,19,20,21,22). The summed E-state index contributed by atoms with van der Waals surface area (Å²) in [6.07, 6.45) is 0. The third kappa shape index (κ3) is 2.88. The number of benzene rings is 1. The van der Waals surface area contributed by atoms with Gasteiger partial charge in [0.2, 0.25) is 11.9 Å². The summed E-state index contributed by atoms with van der Waals surface area (Å²) in [7, 11) is 3.81. The Bertz CT molecular complexity index is 727. The Kier molecular flexibility index (Phi) is 4.30. The summed E-state index contributed by atoms with van der Waals surface area (Å²) in [6, 6.07) is 8.67. The van der Waals surface area contributed by atoms with Gasteiger partial charge < -0.3 is 15.5 Å². The number of nitrogen functional groups attached to an aromatic ring is 1. The third-order valence-electron chi connectivity index (χ3n) is 4.74. The molecule has 0 saturated carbocycles. The van der Waals surface area contributed by atoms with Crippen LogP contribution in [0.3, 0.4) is 0 Å². The molecule has 0 radical (unpaired) electrons. The molecule has 0 fully saturated rings. The number of para-hydroxylation sites is 1. The fourth-order valence-electron chi connectivity index (χ4n) is 3.33. The van der Waals surface area contributed by atoms with Gasteiger partial charge in [-0.1, -0.05) is 32.0 Å². The smallest absolute Gasteiger partial charge is 0.229 e. The van der Waals surface area contributed by atoms with Gasteiger partial charge in [-0.3, -0.25) is 0 Å². The Morgan fingerprint density at radius 3 is 2.50 bits per heavy atom. The molecule has 1 aliphatic rings. The first-order valence-corrected chi connectivity index (χ1v) is 8.42. The number of fused-ring (bicyclic) bond motifs is 1. The molecule has 0 aliphatic carbocycles. The summed E-state index contributed by atoms with van der Waals surface area (Å²) in [6.45, 7) is 7.66. The molecule has 2 N–H and O–H groups in total. The second-order valence-electron chi connectivity index (χ2n) is 6.98. The largest absolute Gasteiger partial charge is 0.368 e. The molecule has 2 heterocycles. The summed E-state index contributed by atoms with van der Waals surface area (Å²) in [5.41, 5.74) is 8.58. The summed E-state index contributed by atoms with van der Waals surface area (Å²) in [4.78, 5) is 17.4. The highest BCUT2D eigenvalue weighted by Crippen LogP contribution is 2.43. The normalized spacial score (nSPS) is 17.9. The van der Waals surface area contributed by atoms with Gasteiger partial charge in [0, 0.05) is 32.2 Å². The van der Waals surface area contributed by atoms with Crippen LogP contribution in [0.4, 0.5) is 17.6 Å². The van der Waals surface area contributed by atoms with Crippen molar-refractivity contribution in [1.82, 2.24) is 15.0 Å². The topological polar surface area (TPSA) is 71.2 Å². The van der Waals surface area contributed by atoms with Gasteiger partial charge in [-0.05, 0) is 24.5 Å². The molecule has 2 atom stereocenters. The van der Waals surface area contributed by atoms with Crippen molar-refractivity contribution < 1.29 is 0 Å². The zero-order valence-electron chi connectivity index (χ0n) is 15.1. The molecular formula is C18H26N6. The monoisotopic (exact) mass is 326 g/mol. The van der Waals surface area contributed by atoms with Gasteiger partial charge in [-0.2, -0.15) is 15.0 Å². The van der Waals surface area contributed by atoms with E-state index in [-0.39, 0.29) is 12.0 Å². The molecule has 6 heteroatoms. The lowest BCUT2D eigenvalue weighted by molar-refractivity contribution is 0.498. The Morgan fingerprint density at radius 1 is 1.12 bits per heavy atom. The van der Waals surface area contributed by atoms with E-state index in [9.17, 15) is 0 Å². The van der Waals surface area contributed by atoms with Crippen molar-refractivity contribution in [2.45, 2.75) is 32.7 Å². The van der Waals surface area contributed by atoms with Crippen LogP contribution < -0.4 is 15.5 Å². The van der Waals surface area contributed by atoms with E-state index in [0.717, 1.165) is 6.54 Å². The lowest BCUT2D eigenvalue weighted by Gasteiger charge is -2.27. The average molecular weight is 326 g/mol. The SMILES string of the molecule is CC(C)C1CN(C(C)c2nc(N)nc(N(C)C)n2)c2ccccc21. The van der Waals surface area contributed by atoms with Gasteiger partial charge in [-0.15, -0.1) is 0 Å². The molecule has 0 amide bonds. The molecule has 1 aromatic carbocycles. The van der Waals surface area contributed by atoms with E-state index < -0.39 is 0 Å². The maximum absolute atomic E-state index is 5.90. The second kappa shape index (κ2) is 6.26. The maximum atomic E-state index is 5.90. The van der Waals surface area contributed by atoms with Crippen LogP contribution in [0.2, 0.25) is 0 Å². The molecule has 2 unspecified atom stereocenters. The first kappa shape index (κ1) is 16.5. The number of hydrogen-bond acceptors (Lipinski definition) is 6. The van der Waals surface area contributed by atoms with Gasteiger partial charge >= 0.3 is 0 Å². The van der Waals surface area contributed by atoms with Crippen LogP contribution in [-0.4, -0.2) is 35.6 Å². The molecule has 0 spiro atoms. The number of hydrogen-bond donors (Lipinski definition) is 1. The van der Waals surface area contributed by atoms with Crippen molar-refractivity contribution in [1.29, 1.82) is 0 Å². The molecule has 0 bridgehead atoms. The minimum atomic E-state index is 0.0406. The number of anilines is 3. The van der Waals surface area contributed by atoms with Crippen molar-refractivity contribution in [2.24, 2.45) is 5.92 Å². The number of aromatic nitrogens is 3. The molecule has 2 aromatic rings. The van der Waals surface area contributed by atoms with E-state index in [1.165, 1.54) is 11.3 Å². The van der Waals surface area contributed by atoms with Gasteiger partial charge in [-0.25, -0.2) is 0 Å². The van der Waals surface area contributed by atoms with Gasteiger partial charge in [0.15, 0.2) is 5.82 Å². The van der Waals surface area contributed by atoms with Crippen molar-refractivity contribution in [3.63, 3.8) is 0 Å². The first-order valence-electron chi connectivity index (χ1n) is 8.42. The molecule has 1 aromatic heterocycles. The summed E-state index contributed by atoms with van der Waals surface area (Å²) >= 11 is 0. The maximum Gasteiger partial charge on any atom is 0.229 e. The zero-order chi connectivity index (χ0) is 17.4. The molecule has 128 valence electrons. The highest BCUT2D eigenvalue weighted by molar-refractivity contribution is 5.61. The summed E-state index contributed by atoms with van der Waals surface area (Å²) < 4.78 is 0. The first-order chi connectivity index (χ1) is 11.4. The molecule has 0 saturated heterocycles.